The van der Waals surface area contributed by atoms with Crippen LogP contribution in [0.4, 0.5) is 14.6 Å². The number of aromatic nitrogens is 3. The van der Waals surface area contributed by atoms with E-state index in [9.17, 15) is 0 Å². The van der Waals surface area contributed by atoms with Crippen LogP contribution in [-0.2, 0) is 9.47 Å². The average Bonchev–Trinajstić information content (AvgIpc) is 3.57. The van der Waals surface area contributed by atoms with Crippen molar-refractivity contribution in [2.45, 2.75) is 83.1 Å². The van der Waals surface area contributed by atoms with Crippen LogP contribution in [0.2, 0.25) is 0 Å². The minimum absolute atomic E-state index is 0.0247. The molecule has 0 bridgehead atoms. The molecular weight excluding hydrogens is 668 g/mol. The van der Waals surface area contributed by atoms with Gasteiger partial charge in [0.25, 0.3) is 0 Å². The van der Waals surface area contributed by atoms with Crippen LogP contribution in [-0.4, -0.2) is 92.4 Å². The second-order valence-corrected chi connectivity index (χ2v) is 14.7. The maximum Gasteiger partial charge on any atom is 0.319 e. The highest BCUT2D eigenvalue weighted by molar-refractivity contribution is 6.04. The molecule has 5 atom stereocenters. The van der Waals surface area contributed by atoms with Crippen LogP contribution < -0.4 is 19.1 Å². The van der Waals surface area contributed by atoms with Gasteiger partial charge in [0.05, 0.1) is 31.5 Å². The normalized spacial score (nSPS) is 24.8. The number of halogens is 2. The van der Waals surface area contributed by atoms with Gasteiger partial charge in [-0.25, -0.2) is 13.8 Å². The lowest BCUT2D eigenvalue weighted by Gasteiger charge is -2.51. The zero-order valence-corrected chi connectivity index (χ0v) is 30.8. The van der Waals surface area contributed by atoms with Crippen molar-refractivity contribution in [2.24, 2.45) is 5.41 Å². The number of anilines is 1. The predicted octanol–water partition coefficient (Wildman–Crippen LogP) is 7.13. The van der Waals surface area contributed by atoms with Crippen molar-refractivity contribution in [3.63, 3.8) is 0 Å². The minimum Gasteiger partial charge on any atom is -0.480 e. The molecule has 0 amide bonds. The number of likely N-dealkylation sites (tertiary alicyclic amines) is 1. The van der Waals surface area contributed by atoms with Gasteiger partial charge in [-0.05, 0) is 82.5 Å². The second kappa shape index (κ2) is 14.6. The molecule has 276 valence electrons. The predicted molar refractivity (Wildman–Crippen MR) is 196 cm³/mol. The molecule has 2 saturated heterocycles. The largest absolute Gasteiger partial charge is 0.480 e. The third kappa shape index (κ3) is 6.48. The van der Waals surface area contributed by atoms with E-state index in [0.29, 0.717) is 41.0 Å². The third-order valence-electron chi connectivity index (χ3n) is 11.1. The highest BCUT2D eigenvalue weighted by atomic mass is 19.1. The molecule has 52 heavy (non-hydrogen) atoms. The first-order valence-electron chi connectivity index (χ1n) is 18.1. The highest BCUT2D eigenvalue weighted by Crippen LogP contribution is 2.50. The van der Waals surface area contributed by atoms with Gasteiger partial charge in [0.15, 0.2) is 12.6 Å². The number of hydrogen-bond donors (Lipinski definition) is 0. The molecule has 1 aliphatic carbocycles. The zero-order chi connectivity index (χ0) is 36.7. The number of hydrogen-bond acceptors (Lipinski definition) is 10. The van der Waals surface area contributed by atoms with Crippen molar-refractivity contribution in [3.05, 3.63) is 41.5 Å². The molecular formula is C40H47F2N5O5. The second-order valence-electron chi connectivity index (χ2n) is 14.7. The smallest absolute Gasteiger partial charge is 0.319 e. The van der Waals surface area contributed by atoms with Crippen molar-refractivity contribution in [2.75, 3.05) is 53.2 Å². The van der Waals surface area contributed by atoms with Gasteiger partial charge in [-0.15, -0.1) is 6.42 Å². The number of rotatable bonds is 10. The molecule has 1 saturated carbocycles. The fourth-order valence-electron chi connectivity index (χ4n) is 8.99. The van der Waals surface area contributed by atoms with Gasteiger partial charge in [0.1, 0.15) is 34.0 Å². The molecule has 4 aromatic rings. The third-order valence-corrected chi connectivity index (χ3v) is 11.1. The number of fused-ring (bicyclic) bond motifs is 3. The van der Waals surface area contributed by atoms with E-state index >= 15 is 8.78 Å². The van der Waals surface area contributed by atoms with Crippen molar-refractivity contribution in [1.29, 1.82) is 0 Å². The Kier molecular flexibility index (Phi) is 10.1. The average molecular weight is 716 g/mol. The Bertz CT molecular complexity index is 2010. The molecule has 12 heteroatoms. The van der Waals surface area contributed by atoms with Crippen LogP contribution in [0.3, 0.4) is 0 Å². The summed E-state index contributed by atoms with van der Waals surface area (Å²) in [5.74, 6) is 1.91. The number of piperidine rings is 1. The molecule has 2 aliphatic heterocycles. The topological polar surface area (TPSA) is 91.3 Å². The van der Waals surface area contributed by atoms with Gasteiger partial charge < -0.3 is 28.6 Å². The van der Waals surface area contributed by atoms with Gasteiger partial charge in [0, 0.05) is 49.7 Å². The molecule has 0 N–H and O–H groups in total. The van der Waals surface area contributed by atoms with Gasteiger partial charge in [-0.3, -0.25) is 4.90 Å². The van der Waals surface area contributed by atoms with E-state index in [-0.39, 0.29) is 64.0 Å². The van der Waals surface area contributed by atoms with Crippen molar-refractivity contribution in [3.8, 4) is 41.2 Å². The molecule has 3 fully saturated rings. The zero-order valence-electron chi connectivity index (χ0n) is 30.8. The SMILES string of the molecule is C#Cc1c(F)ccc2cc(OCOC)cc(-c3nc(OC)c4c(N(C)C)nc(OC[C@]56CCC[C@H]5N(C5C[C@@H](C)O[C@@H](C)C5)CCC6)nc4c3F)c12. The molecule has 1 unspecified atom stereocenters. The fourth-order valence-corrected chi connectivity index (χ4v) is 8.99. The Balaban J connectivity index is 1.32. The Hall–Kier alpha value is -4.31. The molecule has 3 aliphatic rings. The lowest BCUT2D eigenvalue weighted by Crippen LogP contribution is -2.57. The molecule has 2 aromatic heterocycles. The lowest BCUT2D eigenvalue weighted by molar-refractivity contribution is -0.0967. The monoisotopic (exact) mass is 715 g/mol. The van der Waals surface area contributed by atoms with Crippen molar-refractivity contribution in [1.82, 2.24) is 19.9 Å². The molecule has 7 rings (SSSR count). The Morgan fingerprint density at radius 3 is 2.50 bits per heavy atom. The van der Waals surface area contributed by atoms with Crippen LogP contribution in [0.1, 0.15) is 64.4 Å². The summed E-state index contributed by atoms with van der Waals surface area (Å²) in [6, 6.07) is 7.03. The van der Waals surface area contributed by atoms with Gasteiger partial charge in [-0.2, -0.15) is 9.97 Å². The molecule has 2 aromatic carbocycles. The number of pyridine rings is 1. The van der Waals surface area contributed by atoms with E-state index < -0.39 is 11.6 Å². The summed E-state index contributed by atoms with van der Waals surface area (Å²) in [4.78, 5) is 18.6. The molecule has 0 spiro atoms. The summed E-state index contributed by atoms with van der Waals surface area (Å²) >= 11 is 0. The summed E-state index contributed by atoms with van der Waals surface area (Å²) in [6.45, 7) is 5.79. The van der Waals surface area contributed by atoms with Crippen molar-refractivity contribution >= 4 is 27.5 Å². The molecule has 4 heterocycles. The first-order valence-corrected chi connectivity index (χ1v) is 18.1. The Morgan fingerprint density at radius 2 is 1.79 bits per heavy atom. The number of nitrogens with zero attached hydrogens (tertiary/aromatic N) is 5. The van der Waals surface area contributed by atoms with Gasteiger partial charge >= 0.3 is 6.01 Å². The van der Waals surface area contributed by atoms with Gasteiger partial charge in [0.2, 0.25) is 5.88 Å². The summed E-state index contributed by atoms with van der Waals surface area (Å²) in [6.07, 6.45) is 13.8. The van der Waals surface area contributed by atoms with Crippen molar-refractivity contribution < 1.29 is 32.5 Å². The Labute approximate surface area is 303 Å². The number of ether oxygens (including phenoxy) is 5. The summed E-state index contributed by atoms with van der Waals surface area (Å²) < 4.78 is 61.5. The van der Waals surface area contributed by atoms with Crippen LogP contribution in [0.15, 0.2) is 24.3 Å². The number of methoxy groups -OCH3 is 2. The van der Waals surface area contributed by atoms with Crippen LogP contribution in [0.25, 0.3) is 32.9 Å². The number of benzene rings is 2. The Morgan fingerprint density at radius 1 is 1.02 bits per heavy atom. The van der Waals surface area contributed by atoms with E-state index in [1.54, 1.807) is 23.1 Å². The molecule has 0 radical (unpaired) electrons. The van der Waals surface area contributed by atoms with E-state index in [0.717, 1.165) is 51.5 Å². The summed E-state index contributed by atoms with van der Waals surface area (Å²) in [7, 11) is 6.56. The lowest BCUT2D eigenvalue weighted by atomic mass is 9.74. The van der Waals surface area contributed by atoms with E-state index in [1.165, 1.54) is 20.3 Å². The van der Waals surface area contributed by atoms with Gasteiger partial charge in [-0.1, -0.05) is 18.4 Å². The highest BCUT2D eigenvalue weighted by Gasteiger charge is 2.50. The van der Waals surface area contributed by atoms with E-state index in [4.69, 9.17) is 40.1 Å². The summed E-state index contributed by atoms with van der Waals surface area (Å²) in [5, 5.41) is 1.12. The maximum atomic E-state index is 17.2. The number of terminal acetylenes is 1. The first-order chi connectivity index (χ1) is 25.1. The van der Waals surface area contributed by atoms with E-state index in [2.05, 4.69) is 29.7 Å². The maximum absolute atomic E-state index is 17.2. The summed E-state index contributed by atoms with van der Waals surface area (Å²) in [5.41, 5.74) is -0.0417. The molecule has 10 nitrogen and oxygen atoms in total. The van der Waals surface area contributed by atoms with Crippen LogP contribution in [0, 0.1) is 29.4 Å². The van der Waals surface area contributed by atoms with Crippen LogP contribution in [0.5, 0.6) is 17.6 Å². The van der Waals surface area contributed by atoms with Crippen LogP contribution >= 0.6 is 0 Å². The first kappa shape index (κ1) is 36.1. The standard InChI is InChI=1S/C40H47F2N5O5/c1-8-28-30(41)13-12-25-19-27(51-22-48-6)20-29(32(25)28)35-34(42)36-33(38(43-35)49-7)37(46(4)5)45-39(44-36)50-21-40-14-9-11-31(40)47(16-10-15-40)26-17-23(2)52-24(3)18-26/h1,12-13,19-20,23-24,26,31H,9-11,14-18,21-22H2,2-7H3/t23-,24+,26?,31-,40-/m1/s1. The fraction of sp³-hybridized carbons (Fsp3) is 0.525. The van der Waals surface area contributed by atoms with E-state index in [1.807, 2.05) is 14.1 Å². The quantitative estimate of drug-likeness (QED) is 0.125. The minimum atomic E-state index is -0.757.